The second-order valence-electron chi connectivity index (χ2n) is 9.46. The van der Waals surface area contributed by atoms with E-state index in [9.17, 15) is 13.2 Å². The number of nitrogens with one attached hydrogen (secondary N) is 1. The molecular formula is C21H33N3O4S. The first-order valence-electron chi connectivity index (χ1n) is 11.1. The van der Waals surface area contributed by atoms with Gasteiger partial charge in [-0.15, -0.1) is 0 Å². The largest absolute Gasteiger partial charge is 0.360 e. The Kier molecular flexibility index (Phi) is 6.02. The van der Waals surface area contributed by atoms with E-state index in [1.165, 1.54) is 6.42 Å². The van der Waals surface area contributed by atoms with E-state index in [2.05, 4.69) is 17.4 Å². The van der Waals surface area contributed by atoms with Crippen molar-refractivity contribution in [3.8, 4) is 0 Å². The van der Waals surface area contributed by atoms with Crippen molar-refractivity contribution < 1.29 is 17.7 Å². The molecular weight excluding hydrogens is 390 g/mol. The van der Waals surface area contributed by atoms with Gasteiger partial charge in [0.05, 0.1) is 5.75 Å². The Bertz CT molecular complexity index is 833. The molecule has 2 aliphatic carbocycles. The van der Waals surface area contributed by atoms with Crippen LogP contribution in [0.3, 0.4) is 0 Å². The lowest BCUT2D eigenvalue weighted by molar-refractivity contribution is 0.0905. The van der Waals surface area contributed by atoms with E-state index >= 15 is 0 Å². The highest BCUT2D eigenvalue weighted by molar-refractivity contribution is 7.89. The average Bonchev–Trinajstić information content (AvgIpc) is 3.37. The Morgan fingerprint density at radius 1 is 1.21 bits per heavy atom. The van der Waals surface area contributed by atoms with E-state index in [-0.39, 0.29) is 29.7 Å². The van der Waals surface area contributed by atoms with Crippen molar-refractivity contribution in [3.05, 3.63) is 17.5 Å². The maximum absolute atomic E-state index is 13.0. The van der Waals surface area contributed by atoms with Gasteiger partial charge in [0.25, 0.3) is 5.91 Å². The van der Waals surface area contributed by atoms with Gasteiger partial charge >= 0.3 is 0 Å². The zero-order chi connectivity index (χ0) is 20.6. The minimum atomic E-state index is -3.27. The normalized spacial score (nSPS) is 31.5. The van der Waals surface area contributed by atoms with Gasteiger partial charge in [-0.25, -0.2) is 8.42 Å². The summed E-state index contributed by atoms with van der Waals surface area (Å²) in [5.74, 6) is 2.15. The van der Waals surface area contributed by atoms with Gasteiger partial charge in [-0.3, -0.25) is 4.79 Å². The van der Waals surface area contributed by atoms with Crippen LogP contribution in [0, 0.1) is 11.8 Å². The van der Waals surface area contributed by atoms with Gasteiger partial charge in [0.2, 0.25) is 10.0 Å². The molecule has 4 atom stereocenters. The van der Waals surface area contributed by atoms with E-state index in [1.807, 2.05) is 6.92 Å². The summed E-state index contributed by atoms with van der Waals surface area (Å²) in [5.41, 5.74) is 0.320. The van der Waals surface area contributed by atoms with Crippen LogP contribution in [0.15, 0.2) is 10.6 Å². The van der Waals surface area contributed by atoms with Crippen molar-refractivity contribution in [1.29, 1.82) is 0 Å². The third-order valence-corrected chi connectivity index (χ3v) is 8.89. The summed E-state index contributed by atoms with van der Waals surface area (Å²) in [7, 11) is -3.27. The fourth-order valence-corrected chi connectivity index (χ4v) is 7.12. The lowest BCUT2D eigenvalue weighted by Crippen LogP contribution is -2.51. The highest BCUT2D eigenvalue weighted by Gasteiger charge is 2.36. The number of aromatic nitrogens is 1. The Balaban J connectivity index is 1.30. The number of piperidine rings is 1. The van der Waals surface area contributed by atoms with Crippen LogP contribution in [0.4, 0.5) is 0 Å². The third-order valence-electron chi connectivity index (χ3n) is 6.74. The number of carbonyl (C=O) groups is 1. The summed E-state index contributed by atoms with van der Waals surface area (Å²) in [6.07, 6.45) is 7.83. The van der Waals surface area contributed by atoms with E-state index < -0.39 is 10.0 Å². The van der Waals surface area contributed by atoms with Crippen LogP contribution >= 0.6 is 0 Å². The molecule has 7 nitrogen and oxygen atoms in total. The van der Waals surface area contributed by atoms with Crippen LogP contribution in [0.2, 0.25) is 0 Å². The maximum Gasteiger partial charge on any atom is 0.273 e. The summed E-state index contributed by atoms with van der Waals surface area (Å²) >= 11 is 0. The number of hydrogen-bond donors (Lipinski definition) is 1. The molecule has 2 saturated carbocycles. The van der Waals surface area contributed by atoms with Crippen LogP contribution < -0.4 is 5.32 Å². The van der Waals surface area contributed by atoms with Crippen molar-refractivity contribution in [2.24, 2.45) is 11.8 Å². The lowest BCUT2D eigenvalue weighted by atomic mass is 9.83. The third kappa shape index (κ3) is 5.02. The van der Waals surface area contributed by atoms with Gasteiger partial charge in [0.1, 0.15) is 5.76 Å². The van der Waals surface area contributed by atoms with Crippen molar-refractivity contribution in [2.75, 3.05) is 12.3 Å². The fourth-order valence-electron chi connectivity index (χ4n) is 5.02. The zero-order valence-electron chi connectivity index (χ0n) is 17.5. The van der Waals surface area contributed by atoms with Crippen LogP contribution in [-0.4, -0.2) is 48.2 Å². The molecule has 1 amide bonds. The average molecular weight is 424 g/mol. The molecule has 1 N–H and O–H groups in total. The molecule has 8 heteroatoms. The van der Waals surface area contributed by atoms with Gasteiger partial charge in [-0.2, -0.15) is 4.31 Å². The Morgan fingerprint density at radius 3 is 2.69 bits per heavy atom. The van der Waals surface area contributed by atoms with Crippen molar-refractivity contribution in [2.45, 2.75) is 83.2 Å². The first kappa shape index (κ1) is 20.8. The van der Waals surface area contributed by atoms with Crippen LogP contribution in [0.1, 0.15) is 87.4 Å². The van der Waals surface area contributed by atoms with Gasteiger partial charge in [-0.1, -0.05) is 24.9 Å². The monoisotopic (exact) mass is 423 g/mol. The molecule has 1 aromatic heterocycles. The summed E-state index contributed by atoms with van der Waals surface area (Å²) in [6, 6.07) is 1.58. The van der Waals surface area contributed by atoms with Crippen molar-refractivity contribution in [1.82, 2.24) is 14.8 Å². The second-order valence-corrected chi connectivity index (χ2v) is 11.4. The summed E-state index contributed by atoms with van der Waals surface area (Å²) in [4.78, 5) is 12.5. The van der Waals surface area contributed by atoms with E-state index in [0.29, 0.717) is 36.9 Å². The molecule has 1 aromatic rings. The molecule has 3 fully saturated rings. The van der Waals surface area contributed by atoms with Gasteiger partial charge in [0, 0.05) is 30.6 Å². The predicted octanol–water partition coefficient (Wildman–Crippen LogP) is 3.29. The Hall–Kier alpha value is -1.41. The van der Waals surface area contributed by atoms with E-state index in [1.54, 1.807) is 10.4 Å². The molecule has 29 heavy (non-hydrogen) atoms. The summed E-state index contributed by atoms with van der Waals surface area (Å²) in [5, 5.41) is 6.91. The smallest absolute Gasteiger partial charge is 0.273 e. The molecule has 0 bridgehead atoms. The maximum atomic E-state index is 13.0. The standard InChI is InChI=1S/C21H33N3O4S/c1-14-4-3-5-16(10-14)13-29(26,27)24-9-8-18(11-15(24)2)22-21(25)19-12-20(28-23-19)17-6-7-17/h12,14-18H,3-11,13H2,1-2H3,(H,22,25)/t14?,15-,16?,18-/m0/s1. The molecule has 0 spiro atoms. The molecule has 0 aromatic carbocycles. The number of sulfonamides is 1. The quantitative estimate of drug-likeness (QED) is 0.758. The Morgan fingerprint density at radius 2 is 2.00 bits per heavy atom. The molecule has 1 saturated heterocycles. The Labute approximate surface area is 173 Å². The molecule has 2 unspecified atom stereocenters. The highest BCUT2D eigenvalue weighted by Crippen LogP contribution is 2.40. The fraction of sp³-hybridized carbons (Fsp3) is 0.810. The van der Waals surface area contributed by atoms with Crippen molar-refractivity contribution in [3.63, 3.8) is 0 Å². The topological polar surface area (TPSA) is 92.5 Å². The number of nitrogens with zero attached hydrogens (tertiary/aromatic N) is 2. The summed E-state index contributed by atoms with van der Waals surface area (Å²) < 4.78 is 32.9. The minimum Gasteiger partial charge on any atom is -0.360 e. The SMILES string of the molecule is CC1CCCC(CS(=O)(=O)N2CC[C@H](NC(=O)c3cc(C4CC4)on3)C[C@@H]2C)C1. The predicted molar refractivity (Wildman–Crippen MR) is 110 cm³/mol. The second kappa shape index (κ2) is 8.38. The van der Waals surface area contributed by atoms with Crippen LogP contribution in [0.5, 0.6) is 0 Å². The van der Waals surface area contributed by atoms with Gasteiger partial charge in [0.15, 0.2) is 5.69 Å². The number of hydrogen-bond acceptors (Lipinski definition) is 5. The zero-order valence-corrected chi connectivity index (χ0v) is 18.3. The number of rotatable bonds is 6. The molecule has 2 heterocycles. The van der Waals surface area contributed by atoms with E-state index in [4.69, 9.17) is 4.52 Å². The highest BCUT2D eigenvalue weighted by atomic mass is 32.2. The van der Waals surface area contributed by atoms with E-state index in [0.717, 1.165) is 37.9 Å². The molecule has 3 aliphatic rings. The number of amides is 1. The van der Waals surface area contributed by atoms with Gasteiger partial charge in [-0.05, 0) is 57.3 Å². The molecule has 4 rings (SSSR count). The molecule has 0 radical (unpaired) electrons. The van der Waals surface area contributed by atoms with Crippen LogP contribution in [0.25, 0.3) is 0 Å². The van der Waals surface area contributed by atoms with Crippen LogP contribution in [-0.2, 0) is 10.0 Å². The summed E-state index contributed by atoms with van der Waals surface area (Å²) in [6.45, 7) is 4.63. The first-order chi connectivity index (χ1) is 13.8. The van der Waals surface area contributed by atoms with Crippen molar-refractivity contribution >= 4 is 15.9 Å². The lowest BCUT2D eigenvalue weighted by Gasteiger charge is -2.38. The first-order valence-corrected chi connectivity index (χ1v) is 12.7. The molecule has 162 valence electrons. The minimum absolute atomic E-state index is 0.0419. The van der Waals surface area contributed by atoms with Gasteiger partial charge < -0.3 is 9.84 Å². The molecule has 1 aliphatic heterocycles. The number of carbonyl (C=O) groups excluding carboxylic acids is 1.